The SMILES string of the molecule is Cn1nc(CNC(=O)CCn2cnc3ccccc3c2=O)c2ccccc2c1=O. The summed E-state index contributed by atoms with van der Waals surface area (Å²) in [6.07, 6.45) is 1.59. The topological polar surface area (TPSA) is 98.9 Å². The van der Waals surface area contributed by atoms with Gasteiger partial charge in [0.2, 0.25) is 5.91 Å². The van der Waals surface area contributed by atoms with Gasteiger partial charge in [0, 0.05) is 25.4 Å². The summed E-state index contributed by atoms with van der Waals surface area (Å²) in [6, 6.07) is 14.3. The molecule has 1 N–H and O–H groups in total. The average molecular weight is 389 g/mol. The van der Waals surface area contributed by atoms with Gasteiger partial charge in [0.1, 0.15) is 0 Å². The molecule has 4 rings (SSSR count). The summed E-state index contributed by atoms with van der Waals surface area (Å²) in [7, 11) is 1.58. The molecule has 0 radical (unpaired) electrons. The molecule has 0 saturated heterocycles. The van der Waals surface area contributed by atoms with Crippen molar-refractivity contribution in [2.75, 3.05) is 0 Å². The molecule has 2 aromatic heterocycles. The fraction of sp³-hybridized carbons (Fsp3) is 0.190. The molecule has 8 heteroatoms. The lowest BCUT2D eigenvalue weighted by Gasteiger charge is -2.10. The van der Waals surface area contributed by atoms with Crippen LogP contribution >= 0.6 is 0 Å². The van der Waals surface area contributed by atoms with Crippen molar-refractivity contribution in [1.82, 2.24) is 24.6 Å². The molecule has 0 saturated carbocycles. The average Bonchev–Trinajstić information content (AvgIpc) is 2.75. The van der Waals surface area contributed by atoms with Crippen molar-refractivity contribution in [3.05, 3.63) is 81.3 Å². The van der Waals surface area contributed by atoms with E-state index in [1.807, 2.05) is 18.2 Å². The van der Waals surface area contributed by atoms with E-state index < -0.39 is 0 Å². The number of para-hydroxylation sites is 1. The standard InChI is InChI=1S/C21H19N5O3/c1-25-20(28)15-7-3-2-6-14(15)18(24-25)12-22-19(27)10-11-26-13-23-17-9-5-4-8-16(17)21(26)29/h2-9,13H,10-12H2,1H3,(H,22,27). The summed E-state index contributed by atoms with van der Waals surface area (Å²) in [5, 5.41) is 8.87. The molecular formula is C21H19N5O3. The third kappa shape index (κ3) is 3.64. The zero-order valence-electron chi connectivity index (χ0n) is 15.8. The van der Waals surface area contributed by atoms with Crippen LogP contribution in [0.2, 0.25) is 0 Å². The molecule has 0 atom stereocenters. The van der Waals surface area contributed by atoms with Crippen LogP contribution in [-0.2, 0) is 24.9 Å². The molecule has 8 nitrogen and oxygen atoms in total. The van der Waals surface area contributed by atoms with Crippen LogP contribution in [0.5, 0.6) is 0 Å². The minimum atomic E-state index is -0.218. The zero-order chi connectivity index (χ0) is 20.4. The van der Waals surface area contributed by atoms with Gasteiger partial charge in [-0.2, -0.15) is 5.10 Å². The number of carbonyl (C=O) groups excluding carboxylic acids is 1. The third-order valence-corrected chi connectivity index (χ3v) is 4.80. The molecule has 2 aromatic carbocycles. The van der Waals surface area contributed by atoms with Gasteiger partial charge in [-0.05, 0) is 18.2 Å². The van der Waals surface area contributed by atoms with Gasteiger partial charge >= 0.3 is 0 Å². The lowest BCUT2D eigenvalue weighted by atomic mass is 10.1. The molecular weight excluding hydrogens is 370 g/mol. The Morgan fingerprint density at radius 2 is 1.66 bits per heavy atom. The fourth-order valence-electron chi connectivity index (χ4n) is 3.26. The van der Waals surface area contributed by atoms with Crippen molar-refractivity contribution < 1.29 is 4.79 Å². The maximum absolute atomic E-state index is 12.5. The van der Waals surface area contributed by atoms with Gasteiger partial charge < -0.3 is 5.32 Å². The van der Waals surface area contributed by atoms with E-state index in [9.17, 15) is 14.4 Å². The summed E-state index contributed by atoms with van der Waals surface area (Å²) in [6.45, 7) is 0.419. The molecule has 4 aromatic rings. The molecule has 0 aliphatic heterocycles. The zero-order valence-corrected chi connectivity index (χ0v) is 15.8. The van der Waals surface area contributed by atoms with Gasteiger partial charge in [0.05, 0.1) is 34.9 Å². The number of amides is 1. The lowest BCUT2D eigenvalue weighted by Crippen LogP contribution is -2.29. The summed E-state index contributed by atoms with van der Waals surface area (Å²) in [5.41, 5.74) is 0.888. The maximum atomic E-state index is 12.5. The van der Waals surface area contributed by atoms with E-state index in [0.717, 1.165) is 0 Å². The molecule has 0 aliphatic carbocycles. The number of aromatic nitrogens is 4. The Labute approximate surface area is 165 Å². The van der Waals surface area contributed by atoms with E-state index in [-0.39, 0.29) is 36.5 Å². The van der Waals surface area contributed by atoms with E-state index >= 15 is 0 Å². The maximum Gasteiger partial charge on any atom is 0.274 e. The van der Waals surface area contributed by atoms with Crippen molar-refractivity contribution in [3.63, 3.8) is 0 Å². The van der Waals surface area contributed by atoms with Gasteiger partial charge in [0.15, 0.2) is 0 Å². The van der Waals surface area contributed by atoms with E-state index in [2.05, 4.69) is 15.4 Å². The van der Waals surface area contributed by atoms with E-state index in [4.69, 9.17) is 0 Å². The first-order valence-corrected chi connectivity index (χ1v) is 9.20. The molecule has 146 valence electrons. The summed E-state index contributed by atoms with van der Waals surface area (Å²) < 4.78 is 2.70. The van der Waals surface area contributed by atoms with Gasteiger partial charge in [0.25, 0.3) is 11.1 Å². The monoisotopic (exact) mass is 389 g/mol. The van der Waals surface area contributed by atoms with Gasteiger partial charge in [-0.3, -0.25) is 19.0 Å². The molecule has 0 spiro atoms. The summed E-state index contributed by atoms with van der Waals surface area (Å²) in [4.78, 5) is 41.2. The number of nitrogens with one attached hydrogen (secondary N) is 1. The third-order valence-electron chi connectivity index (χ3n) is 4.80. The Bertz CT molecular complexity index is 1340. The normalized spacial score (nSPS) is 11.1. The highest BCUT2D eigenvalue weighted by atomic mass is 16.2. The Hall–Kier alpha value is -3.81. The summed E-state index contributed by atoms with van der Waals surface area (Å²) in [5.74, 6) is -0.218. The molecule has 29 heavy (non-hydrogen) atoms. The smallest absolute Gasteiger partial charge is 0.274 e. The van der Waals surface area contributed by atoms with Crippen molar-refractivity contribution in [2.45, 2.75) is 19.5 Å². The minimum Gasteiger partial charge on any atom is -0.350 e. The van der Waals surface area contributed by atoms with Gasteiger partial charge in [-0.15, -0.1) is 0 Å². The number of nitrogens with zero attached hydrogens (tertiary/aromatic N) is 4. The predicted octanol–water partition coefficient (Wildman–Crippen LogP) is 1.35. The van der Waals surface area contributed by atoms with Crippen molar-refractivity contribution >= 4 is 27.6 Å². The Kier molecular flexibility index (Phi) is 4.90. The highest BCUT2D eigenvalue weighted by Crippen LogP contribution is 2.12. The van der Waals surface area contributed by atoms with Crippen LogP contribution in [0.25, 0.3) is 21.7 Å². The highest BCUT2D eigenvalue weighted by molar-refractivity contribution is 5.84. The molecule has 0 fully saturated rings. The van der Waals surface area contributed by atoms with Crippen molar-refractivity contribution in [3.8, 4) is 0 Å². The van der Waals surface area contributed by atoms with Crippen molar-refractivity contribution in [2.24, 2.45) is 7.05 Å². The predicted molar refractivity (Wildman–Crippen MR) is 109 cm³/mol. The number of aryl methyl sites for hydroxylation is 2. The van der Waals surface area contributed by atoms with E-state index in [1.165, 1.54) is 15.6 Å². The van der Waals surface area contributed by atoms with Crippen LogP contribution in [0, 0.1) is 0 Å². The molecule has 2 heterocycles. The Morgan fingerprint density at radius 3 is 2.45 bits per heavy atom. The van der Waals surface area contributed by atoms with E-state index in [1.54, 1.807) is 37.4 Å². The number of benzene rings is 2. The van der Waals surface area contributed by atoms with Crippen LogP contribution in [0.1, 0.15) is 12.1 Å². The largest absolute Gasteiger partial charge is 0.350 e. The summed E-state index contributed by atoms with van der Waals surface area (Å²) >= 11 is 0. The number of carbonyl (C=O) groups is 1. The van der Waals surface area contributed by atoms with E-state index in [0.29, 0.717) is 27.4 Å². The number of rotatable bonds is 5. The molecule has 1 amide bonds. The second kappa shape index (κ2) is 7.67. The fourth-order valence-corrected chi connectivity index (χ4v) is 3.26. The Balaban J connectivity index is 1.46. The first-order valence-electron chi connectivity index (χ1n) is 9.20. The van der Waals surface area contributed by atoms with Crippen LogP contribution in [0.15, 0.2) is 64.4 Å². The Morgan fingerprint density at radius 1 is 0.966 bits per heavy atom. The van der Waals surface area contributed by atoms with Crippen LogP contribution in [-0.4, -0.2) is 25.2 Å². The highest BCUT2D eigenvalue weighted by Gasteiger charge is 2.10. The first kappa shape index (κ1) is 18.5. The molecule has 0 aliphatic rings. The van der Waals surface area contributed by atoms with Crippen LogP contribution in [0.4, 0.5) is 0 Å². The second-order valence-corrected chi connectivity index (χ2v) is 6.71. The van der Waals surface area contributed by atoms with Crippen LogP contribution in [0.3, 0.4) is 0 Å². The second-order valence-electron chi connectivity index (χ2n) is 6.71. The first-order chi connectivity index (χ1) is 14.0. The minimum absolute atomic E-state index is 0.129. The van der Waals surface area contributed by atoms with Gasteiger partial charge in [-0.25, -0.2) is 9.67 Å². The quantitative estimate of drug-likeness (QED) is 0.556. The number of fused-ring (bicyclic) bond motifs is 2. The van der Waals surface area contributed by atoms with Gasteiger partial charge in [-0.1, -0.05) is 30.3 Å². The van der Waals surface area contributed by atoms with Crippen LogP contribution < -0.4 is 16.4 Å². The molecule has 0 bridgehead atoms. The van der Waals surface area contributed by atoms with Crippen molar-refractivity contribution in [1.29, 1.82) is 0 Å². The number of hydrogen-bond acceptors (Lipinski definition) is 5. The molecule has 0 unspecified atom stereocenters. The number of hydrogen-bond donors (Lipinski definition) is 1. The lowest BCUT2D eigenvalue weighted by molar-refractivity contribution is -0.121.